The zero-order valence-corrected chi connectivity index (χ0v) is 30.6. The maximum Gasteiger partial charge on any atom is 0.253 e. The fourth-order valence-corrected chi connectivity index (χ4v) is 6.91. The van der Waals surface area contributed by atoms with Crippen molar-refractivity contribution >= 4 is 52.8 Å². The van der Waals surface area contributed by atoms with Crippen LogP contribution in [0.25, 0.3) is 6.08 Å². The van der Waals surface area contributed by atoms with Gasteiger partial charge in [0.25, 0.3) is 11.8 Å². The van der Waals surface area contributed by atoms with Gasteiger partial charge in [-0.3, -0.25) is 33.9 Å². The number of anilines is 1. The lowest BCUT2D eigenvalue weighted by Gasteiger charge is -2.29. The Bertz CT molecular complexity index is 1860. The number of nitrogens with one attached hydrogen (secondary N) is 1. The van der Waals surface area contributed by atoms with E-state index in [1.807, 2.05) is 31.2 Å². The summed E-state index contributed by atoms with van der Waals surface area (Å²) in [5, 5.41) is 12.5. The number of nitrogens with zero attached hydrogens (tertiary/aromatic N) is 5. The molecule has 1 fully saturated rings. The quantitative estimate of drug-likeness (QED) is 0.159. The average molecular weight is 742 g/mol. The van der Waals surface area contributed by atoms with E-state index in [4.69, 9.17) is 15.2 Å². The minimum atomic E-state index is -0.737. The van der Waals surface area contributed by atoms with Gasteiger partial charge in [-0.2, -0.15) is 0 Å². The number of benzene rings is 1. The van der Waals surface area contributed by atoms with Crippen molar-refractivity contribution in [1.82, 2.24) is 19.7 Å². The molecule has 15 nitrogen and oxygen atoms in total. The highest BCUT2D eigenvalue weighted by atomic mass is 16.5. The molecular formula is C39H47N7O8. The van der Waals surface area contributed by atoms with E-state index in [-0.39, 0.29) is 88.5 Å². The van der Waals surface area contributed by atoms with E-state index in [1.165, 1.54) is 12.2 Å². The number of ether oxygens (including phenoxy) is 2. The molecule has 286 valence electrons. The summed E-state index contributed by atoms with van der Waals surface area (Å²) in [6, 6.07) is 7.54. The van der Waals surface area contributed by atoms with Gasteiger partial charge in [-0.05, 0) is 48.6 Å². The van der Waals surface area contributed by atoms with E-state index in [0.29, 0.717) is 61.7 Å². The molecule has 2 aromatic rings. The van der Waals surface area contributed by atoms with E-state index < -0.39 is 5.41 Å². The molecule has 0 spiro atoms. The number of carbonyl (C=O) groups excluding carboxylic acids is 5. The first kappa shape index (κ1) is 38.5. The van der Waals surface area contributed by atoms with Gasteiger partial charge in [0.1, 0.15) is 5.84 Å². The zero-order valence-electron chi connectivity index (χ0n) is 30.6. The van der Waals surface area contributed by atoms with Crippen LogP contribution in [0.3, 0.4) is 0 Å². The van der Waals surface area contributed by atoms with Crippen molar-refractivity contribution in [2.45, 2.75) is 57.4 Å². The predicted molar refractivity (Wildman–Crippen MR) is 199 cm³/mol. The van der Waals surface area contributed by atoms with Crippen molar-refractivity contribution in [1.29, 1.82) is 0 Å². The number of aliphatic imine (C=N–C) groups is 1. The number of aliphatic hydroxyl groups excluding tert-OH is 1. The van der Waals surface area contributed by atoms with Crippen LogP contribution in [-0.4, -0.2) is 119 Å². The fraction of sp³-hybridized carbons (Fsp3) is 0.462. The maximum atomic E-state index is 13.8. The van der Waals surface area contributed by atoms with E-state index in [2.05, 4.69) is 15.3 Å². The van der Waals surface area contributed by atoms with Crippen molar-refractivity contribution in [2.24, 2.45) is 10.7 Å². The number of amidine groups is 1. The molecule has 0 unspecified atom stereocenters. The molecule has 6 rings (SSSR count). The van der Waals surface area contributed by atoms with Gasteiger partial charge in [-0.25, -0.2) is 4.99 Å². The zero-order chi connectivity index (χ0) is 38.2. The van der Waals surface area contributed by atoms with E-state index in [0.717, 1.165) is 33.7 Å². The molecular weight excluding hydrogens is 694 g/mol. The number of carbonyl (C=O) groups is 5. The molecule has 4 aliphatic rings. The fourth-order valence-electron chi connectivity index (χ4n) is 6.91. The number of hydrogen-bond acceptors (Lipinski definition) is 11. The van der Waals surface area contributed by atoms with Crippen molar-refractivity contribution in [3.63, 3.8) is 0 Å². The molecule has 0 atom stereocenters. The molecule has 1 saturated carbocycles. The summed E-state index contributed by atoms with van der Waals surface area (Å²) < 4.78 is 11.0. The van der Waals surface area contributed by atoms with Gasteiger partial charge < -0.3 is 35.4 Å². The summed E-state index contributed by atoms with van der Waals surface area (Å²) in [7, 11) is 0. The number of amides is 5. The first-order valence-corrected chi connectivity index (χ1v) is 18.5. The number of aromatic nitrogens is 1. The lowest BCUT2D eigenvalue weighted by molar-refractivity contribution is -0.137. The summed E-state index contributed by atoms with van der Waals surface area (Å²) in [4.78, 5) is 76.9. The molecule has 5 amide bonds. The highest BCUT2D eigenvalue weighted by Crippen LogP contribution is 2.50. The monoisotopic (exact) mass is 741 g/mol. The van der Waals surface area contributed by atoms with E-state index >= 15 is 0 Å². The Labute approximate surface area is 313 Å². The average Bonchev–Trinajstić information content (AvgIpc) is 3.94. The lowest BCUT2D eigenvalue weighted by Crippen LogP contribution is -2.37. The van der Waals surface area contributed by atoms with Crippen LogP contribution in [0.5, 0.6) is 0 Å². The standard InChI is InChI=1S/C39H47N7O8/c1-2-11-44(13-15-47)37(51)27-20-26-3-4-29(23-32(26)43-33(40)22-27)39(9-10-39)38(52)42-30-21-28-25-45(12-7-31(28)41-24-30)34(48)8-16-53-18-19-54-17-14-46-35(49)5-6-36(46)50/h3-6,20-21,23-24,47H,2,7-19,22,25H2,1H3,(H2,40,43)(H,42,52). The predicted octanol–water partition coefficient (Wildman–Crippen LogP) is 1.99. The van der Waals surface area contributed by atoms with Crippen LogP contribution in [0.15, 0.2) is 53.2 Å². The Balaban J connectivity index is 1.01. The molecule has 0 radical (unpaired) electrons. The molecule has 1 aromatic carbocycles. The van der Waals surface area contributed by atoms with Gasteiger partial charge in [-0.1, -0.05) is 19.1 Å². The molecule has 4 N–H and O–H groups in total. The number of aliphatic hydroxyl groups is 1. The Hall–Kier alpha value is -5.25. The van der Waals surface area contributed by atoms with Gasteiger partial charge in [0.2, 0.25) is 17.7 Å². The first-order valence-electron chi connectivity index (χ1n) is 18.5. The molecule has 15 heteroatoms. The SMILES string of the molecule is CCCN(CCO)C(=O)C1=Cc2ccc(C3(C(=O)Nc4cnc5c(c4)CN(C(=O)CCOCCOCCN4C(=O)C=CC4=O)CC5)CC3)cc2N=C(N)C1. The topological polar surface area (TPSA) is 197 Å². The summed E-state index contributed by atoms with van der Waals surface area (Å²) in [5.74, 6) is -0.773. The van der Waals surface area contributed by atoms with E-state index in [9.17, 15) is 29.1 Å². The Morgan fingerprint density at radius 3 is 2.52 bits per heavy atom. The third kappa shape index (κ3) is 8.92. The van der Waals surface area contributed by atoms with Crippen molar-refractivity contribution in [3.05, 3.63) is 70.6 Å². The van der Waals surface area contributed by atoms with Gasteiger partial charge >= 0.3 is 0 Å². The number of pyridine rings is 1. The summed E-state index contributed by atoms with van der Waals surface area (Å²) in [6.07, 6.45) is 9.00. The third-order valence-corrected chi connectivity index (χ3v) is 10.0. The molecule has 4 heterocycles. The summed E-state index contributed by atoms with van der Waals surface area (Å²) in [6.45, 7) is 4.70. The van der Waals surface area contributed by atoms with Crippen LogP contribution in [0.1, 0.15) is 61.4 Å². The Kier molecular flexibility index (Phi) is 12.3. The van der Waals surface area contributed by atoms with Crippen LogP contribution in [0, 0.1) is 0 Å². The summed E-state index contributed by atoms with van der Waals surface area (Å²) >= 11 is 0. The van der Waals surface area contributed by atoms with Crippen LogP contribution < -0.4 is 11.1 Å². The van der Waals surface area contributed by atoms with Gasteiger partial charge in [0.05, 0.1) is 69.0 Å². The van der Waals surface area contributed by atoms with Crippen LogP contribution in [-0.2, 0) is 51.8 Å². The minimum absolute atomic E-state index is 0.0484. The number of fused-ring (bicyclic) bond motifs is 2. The Morgan fingerprint density at radius 1 is 1.04 bits per heavy atom. The molecule has 0 saturated heterocycles. The summed E-state index contributed by atoms with van der Waals surface area (Å²) in [5.41, 5.74) is 10.5. The Morgan fingerprint density at radius 2 is 1.80 bits per heavy atom. The second kappa shape index (κ2) is 17.3. The smallest absolute Gasteiger partial charge is 0.253 e. The van der Waals surface area contributed by atoms with Gasteiger partial charge in [0, 0.05) is 68.0 Å². The molecule has 1 aromatic heterocycles. The molecule has 54 heavy (non-hydrogen) atoms. The van der Waals surface area contributed by atoms with Crippen molar-refractivity contribution in [3.8, 4) is 0 Å². The number of nitrogens with two attached hydrogens (primary N) is 1. The second-order valence-electron chi connectivity index (χ2n) is 13.8. The normalized spacial score (nSPS) is 17.0. The van der Waals surface area contributed by atoms with Crippen LogP contribution in [0.4, 0.5) is 11.4 Å². The minimum Gasteiger partial charge on any atom is -0.395 e. The van der Waals surface area contributed by atoms with Gasteiger partial charge in [0.15, 0.2) is 0 Å². The largest absolute Gasteiger partial charge is 0.395 e. The second-order valence-corrected chi connectivity index (χ2v) is 13.8. The lowest BCUT2D eigenvalue weighted by atomic mass is 9.92. The molecule has 3 aliphatic heterocycles. The van der Waals surface area contributed by atoms with Crippen molar-refractivity contribution < 1.29 is 38.6 Å². The number of hydrogen-bond donors (Lipinski definition) is 3. The maximum absolute atomic E-state index is 13.8. The van der Waals surface area contributed by atoms with Crippen molar-refractivity contribution in [2.75, 3.05) is 64.5 Å². The first-order chi connectivity index (χ1) is 26.1. The molecule has 1 aliphatic carbocycles. The van der Waals surface area contributed by atoms with Gasteiger partial charge in [-0.15, -0.1) is 0 Å². The highest BCUT2D eigenvalue weighted by Gasteiger charge is 2.51. The van der Waals surface area contributed by atoms with E-state index in [1.54, 1.807) is 22.1 Å². The van der Waals surface area contributed by atoms with Crippen LogP contribution in [0.2, 0.25) is 0 Å². The molecule has 0 bridgehead atoms. The van der Waals surface area contributed by atoms with Crippen LogP contribution >= 0.6 is 0 Å². The number of rotatable bonds is 17. The third-order valence-electron chi connectivity index (χ3n) is 10.0. The number of imide groups is 1. The highest BCUT2D eigenvalue weighted by molar-refractivity contribution is 6.13.